The van der Waals surface area contributed by atoms with Crippen LogP contribution in [0.2, 0.25) is 0 Å². The third-order valence-electron chi connectivity index (χ3n) is 5.13. The molecule has 0 saturated carbocycles. The number of rotatable bonds is 7. The van der Waals surface area contributed by atoms with Crippen molar-refractivity contribution in [3.05, 3.63) is 90.0 Å². The summed E-state index contributed by atoms with van der Waals surface area (Å²) in [6.45, 7) is 4.21. The Labute approximate surface area is 194 Å². The number of anilines is 2. The van der Waals surface area contributed by atoms with Crippen molar-refractivity contribution in [2.24, 2.45) is 0 Å². The second-order valence-corrected chi connectivity index (χ2v) is 8.83. The maximum absolute atomic E-state index is 5.46. The van der Waals surface area contributed by atoms with Gasteiger partial charge in [-0.1, -0.05) is 42.5 Å². The largest absolute Gasteiger partial charge is 0.378 e. The number of hydrogen-bond acceptors (Lipinski definition) is 4. The van der Waals surface area contributed by atoms with E-state index in [2.05, 4.69) is 88.3 Å². The first-order chi connectivity index (χ1) is 15.3. The Bertz CT molecular complexity index is 956. The molecule has 0 unspecified atom stereocenters. The third-order valence-corrected chi connectivity index (χ3v) is 6.46. The highest BCUT2D eigenvalue weighted by atomic mass is 32.2. The number of thioether (sulfide) groups is 1. The maximum Gasteiger partial charge on any atom is 0.171 e. The quantitative estimate of drug-likeness (QED) is 0.376. The van der Waals surface area contributed by atoms with Crippen LogP contribution in [-0.4, -0.2) is 31.4 Å². The SMILES string of the molecule is S=C(NCc1ccc(N2CCOCC2)cc1)Nc1ccc(CSc2ccccc2)cc1. The molecule has 0 atom stereocenters. The minimum atomic E-state index is 0.628. The molecule has 3 aromatic rings. The molecule has 0 amide bonds. The van der Waals surface area contributed by atoms with Gasteiger partial charge < -0.3 is 20.3 Å². The van der Waals surface area contributed by atoms with Crippen molar-refractivity contribution in [1.29, 1.82) is 0 Å². The molecule has 0 radical (unpaired) electrons. The van der Waals surface area contributed by atoms with Crippen LogP contribution < -0.4 is 15.5 Å². The molecule has 1 heterocycles. The van der Waals surface area contributed by atoms with E-state index in [0.29, 0.717) is 11.7 Å². The molecule has 160 valence electrons. The van der Waals surface area contributed by atoms with Gasteiger partial charge in [0.2, 0.25) is 0 Å². The zero-order valence-corrected chi connectivity index (χ0v) is 19.1. The van der Waals surface area contributed by atoms with E-state index in [1.807, 2.05) is 17.8 Å². The fourth-order valence-corrected chi connectivity index (χ4v) is 4.44. The molecule has 4 rings (SSSR count). The molecular weight excluding hydrogens is 422 g/mol. The second-order valence-electron chi connectivity index (χ2n) is 7.37. The van der Waals surface area contributed by atoms with Gasteiger partial charge in [-0.2, -0.15) is 0 Å². The van der Waals surface area contributed by atoms with Crippen LogP contribution in [0.4, 0.5) is 11.4 Å². The number of hydrogen-bond donors (Lipinski definition) is 2. The van der Waals surface area contributed by atoms with Crippen LogP contribution in [0.15, 0.2) is 83.8 Å². The second kappa shape index (κ2) is 11.2. The molecule has 2 N–H and O–H groups in total. The smallest absolute Gasteiger partial charge is 0.171 e. The van der Waals surface area contributed by atoms with Gasteiger partial charge in [-0.3, -0.25) is 0 Å². The standard InChI is InChI=1S/C25H27N3OS2/c30-25(26-18-20-8-12-23(13-9-20)28-14-16-29-17-15-28)27-22-10-6-21(7-11-22)19-31-24-4-2-1-3-5-24/h1-13H,14-19H2,(H2,26,27,30). The van der Waals surface area contributed by atoms with E-state index >= 15 is 0 Å². The fourth-order valence-electron chi connectivity index (χ4n) is 3.37. The Morgan fingerprint density at radius 3 is 2.26 bits per heavy atom. The van der Waals surface area contributed by atoms with Crippen LogP contribution in [0.3, 0.4) is 0 Å². The summed E-state index contributed by atoms with van der Waals surface area (Å²) in [5, 5.41) is 7.19. The minimum absolute atomic E-state index is 0.628. The van der Waals surface area contributed by atoms with Gasteiger partial charge in [0, 0.05) is 41.7 Å². The average Bonchev–Trinajstić information content (AvgIpc) is 2.84. The van der Waals surface area contributed by atoms with Crippen molar-refractivity contribution in [3.63, 3.8) is 0 Å². The lowest BCUT2D eigenvalue weighted by Crippen LogP contribution is -2.36. The molecular formula is C25H27N3OS2. The molecule has 1 aliphatic heterocycles. The predicted molar refractivity (Wildman–Crippen MR) is 135 cm³/mol. The Morgan fingerprint density at radius 2 is 1.55 bits per heavy atom. The van der Waals surface area contributed by atoms with Crippen LogP contribution >= 0.6 is 24.0 Å². The topological polar surface area (TPSA) is 36.5 Å². The van der Waals surface area contributed by atoms with Gasteiger partial charge in [0.1, 0.15) is 0 Å². The average molecular weight is 450 g/mol. The van der Waals surface area contributed by atoms with E-state index in [-0.39, 0.29) is 0 Å². The summed E-state index contributed by atoms with van der Waals surface area (Å²) >= 11 is 7.30. The molecule has 1 saturated heterocycles. The Hall–Kier alpha value is -2.54. The number of ether oxygens (including phenoxy) is 1. The lowest BCUT2D eigenvalue weighted by atomic mass is 10.2. The summed E-state index contributed by atoms with van der Waals surface area (Å²) in [4.78, 5) is 3.64. The summed E-state index contributed by atoms with van der Waals surface area (Å²) in [7, 11) is 0. The van der Waals surface area contributed by atoms with Crippen molar-refractivity contribution < 1.29 is 4.74 Å². The zero-order valence-electron chi connectivity index (χ0n) is 17.4. The predicted octanol–water partition coefficient (Wildman–Crippen LogP) is 5.30. The lowest BCUT2D eigenvalue weighted by molar-refractivity contribution is 0.122. The molecule has 31 heavy (non-hydrogen) atoms. The molecule has 0 aromatic heterocycles. The van der Waals surface area contributed by atoms with Crippen LogP contribution in [-0.2, 0) is 17.0 Å². The summed E-state index contributed by atoms with van der Waals surface area (Å²) in [5.41, 5.74) is 4.74. The summed E-state index contributed by atoms with van der Waals surface area (Å²) in [6, 6.07) is 27.6. The first kappa shape index (κ1) is 21.7. The normalized spacial score (nSPS) is 13.6. The van der Waals surface area contributed by atoms with Crippen LogP contribution in [0.25, 0.3) is 0 Å². The number of benzene rings is 3. The maximum atomic E-state index is 5.46. The number of morpholine rings is 1. The monoisotopic (exact) mass is 449 g/mol. The molecule has 0 spiro atoms. The van der Waals surface area contributed by atoms with Gasteiger partial charge in [-0.15, -0.1) is 11.8 Å². The number of nitrogens with one attached hydrogen (secondary N) is 2. The third kappa shape index (κ3) is 6.72. The van der Waals surface area contributed by atoms with E-state index in [1.165, 1.54) is 21.7 Å². The van der Waals surface area contributed by atoms with Crippen molar-refractivity contribution >= 4 is 40.5 Å². The highest BCUT2D eigenvalue weighted by Crippen LogP contribution is 2.23. The first-order valence-corrected chi connectivity index (χ1v) is 11.9. The Kier molecular flexibility index (Phi) is 7.82. The zero-order chi connectivity index (χ0) is 21.3. The van der Waals surface area contributed by atoms with Crippen molar-refractivity contribution in [2.75, 3.05) is 36.5 Å². The van der Waals surface area contributed by atoms with Crippen LogP contribution in [0, 0.1) is 0 Å². The van der Waals surface area contributed by atoms with E-state index in [1.54, 1.807) is 0 Å². The van der Waals surface area contributed by atoms with Crippen molar-refractivity contribution in [2.45, 2.75) is 17.2 Å². The first-order valence-electron chi connectivity index (χ1n) is 10.5. The minimum Gasteiger partial charge on any atom is -0.378 e. The van der Waals surface area contributed by atoms with Gasteiger partial charge >= 0.3 is 0 Å². The van der Waals surface area contributed by atoms with Gasteiger partial charge in [-0.05, 0) is 59.7 Å². The van der Waals surface area contributed by atoms with E-state index in [9.17, 15) is 0 Å². The van der Waals surface area contributed by atoms with E-state index < -0.39 is 0 Å². The molecule has 0 aliphatic carbocycles. The number of thiocarbonyl (C=S) groups is 1. The Morgan fingerprint density at radius 1 is 0.871 bits per heavy atom. The molecule has 4 nitrogen and oxygen atoms in total. The van der Waals surface area contributed by atoms with Crippen LogP contribution in [0.5, 0.6) is 0 Å². The fraction of sp³-hybridized carbons (Fsp3) is 0.240. The molecule has 0 bridgehead atoms. The van der Waals surface area contributed by atoms with E-state index in [0.717, 1.165) is 37.7 Å². The summed E-state index contributed by atoms with van der Waals surface area (Å²) in [6.07, 6.45) is 0. The Balaban J connectivity index is 1.21. The van der Waals surface area contributed by atoms with Gasteiger partial charge in [0.15, 0.2) is 5.11 Å². The number of nitrogens with zero attached hydrogens (tertiary/aromatic N) is 1. The van der Waals surface area contributed by atoms with E-state index in [4.69, 9.17) is 17.0 Å². The van der Waals surface area contributed by atoms with Crippen LogP contribution in [0.1, 0.15) is 11.1 Å². The highest BCUT2D eigenvalue weighted by Gasteiger charge is 2.10. The summed E-state index contributed by atoms with van der Waals surface area (Å²) < 4.78 is 5.42. The molecule has 1 aliphatic rings. The van der Waals surface area contributed by atoms with Gasteiger partial charge in [0.05, 0.1) is 13.2 Å². The van der Waals surface area contributed by atoms with Crippen molar-refractivity contribution in [1.82, 2.24) is 5.32 Å². The van der Waals surface area contributed by atoms with Gasteiger partial charge in [0.25, 0.3) is 0 Å². The van der Waals surface area contributed by atoms with Crippen molar-refractivity contribution in [3.8, 4) is 0 Å². The summed E-state index contributed by atoms with van der Waals surface area (Å²) in [5.74, 6) is 0.952. The molecule has 6 heteroatoms. The van der Waals surface area contributed by atoms with Gasteiger partial charge in [-0.25, -0.2) is 0 Å². The molecule has 3 aromatic carbocycles. The highest BCUT2D eigenvalue weighted by molar-refractivity contribution is 7.98. The molecule has 1 fully saturated rings. The lowest BCUT2D eigenvalue weighted by Gasteiger charge is -2.28.